The maximum Gasteiger partial charge on any atom is 0.246 e. The summed E-state index contributed by atoms with van der Waals surface area (Å²) in [6, 6.07) is 15.2. The molecule has 5 aromatic rings. The molecule has 0 spiro atoms. The summed E-state index contributed by atoms with van der Waals surface area (Å²) in [6.45, 7) is 0.0168. The molecule has 0 fully saturated rings. The number of carbonyl (C=O) groups is 1. The van der Waals surface area contributed by atoms with Gasteiger partial charge in [-0.05, 0) is 55.5 Å². The van der Waals surface area contributed by atoms with Gasteiger partial charge in [0.25, 0.3) is 0 Å². The Morgan fingerprint density at radius 2 is 1.91 bits per heavy atom. The summed E-state index contributed by atoms with van der Waals surface area (Å²) in [5.41, 5.74) is 4.65. The Balaban J connectivity index is 1.37. The van der Waals surface area contributed by atoms with Crippen molar-refractivity contribution >= 4 is 44.2 Å². The van der Waals surface area contributed by atoms with E-state index in [1.54, 1.807) is 28.2 Å². The van der Waals surface area contributed by atoms with E-state index in [9.17, 15) is 9.59 Å². The van der Waals surface area contributed by atoms with Crippen LogP contribution < -0.4 is 10.7 Å². The van der Waals surface area contributed by atoms with E-state index < -0.39 is 0 Å². The third-order valence-corrected chi connectivity index (χ3v) is 7.31. The van der Waals surface area contributed by atoms with Gasteiger partial charge >= 0.3 is 0 Å². The van der Waals surface area contributed by atoms with Crippen molar-refractivity contribution in [2.75, 3.05) is 5.32 Å². The van der Waals surface area contributed by atoms with Crippen molar-refractivity contribution in [1.29, 1.82) is 0 Å². The van der Waals surface area contributed by atoms with E-state index in [1.807, 2.05) is 36.4 Å². The first-order valence-electron chi connectivity index (χ1n) is 11.0. The SMILES string of the molecule is O=C(Cn1ncc(=O)c2ccccc21)Nc1sc2c(c1-c1nc3ccccc3[nH]1)CCCC2. The van der Waals surface area contributed by atoms with Crippen molar-refractivity contribution in [3.05, 3.63) is 75.4 Å². The molecule has 8 heteroatoms. The molecule has 0 aliphatic heterocycles. The Kier molecular flexibility index (Phi) is 4.80. The van der Waals surface area contributed by atoms with Crippen molar-refractivity contribution in [2.45, 2.75) is 32.2 Å². The van der Waals surface area contributed by atoms with Gasteiger partial charge in [-0.3, -0.25) is 14.3 Å². The Morgan fingerprint density at radius 1 is 1.09 bits per heavy atom. The lowest BCUT2D eigenvalue weighted by Gasteiger charge is -2.12. The second-order valence-corrected chi connectivity index (χ2v) is 9.35. The molecular weight excluding hydrogens is 434 g/mol. The van der Waals surface area contributed by atoms with Gasteiger partial charge in [-0.2, -0.15) is 5.10 Å². The standard InChI is InChI=1S/C25H21N5O2S/c31-20-13-26-30(19-11-5-1-7-15(19)20)14-22(32)29-25-23(16-8-2-6-12-21(16)33-25)24-27-17-9-3-4-10-18(17)28-24/h1,3-5,7,9-11,13H,2,6,8,12,14H2,(H,27,28)(H,29,32). The lowest BCUT2D eigenvalue weighted by Crippen LogP contribution is -2.22. The van der Waals surface area contributed by atoms with Gasteiger partial charge in [0.1, 0.15) is 17.4 Å². The Hall–Kier alpha value is -3.78. The number of hydrogen-bond acceptors (Lipinski definition) is 5. The quantitative estimate of drug-likeness (QED) is 0.417. The number of amides is 1. The summed E-state index contributed by atoms with van der Waals surface area (Å²) in [6.07, 6.45) is 5.57. The largest absolute Gasteiger partial charge is 0.338 e. The lowest BCUT2D eigenvalue weighted by atomic mass is 9.95. The fourth-order valence-electron chi connectivity index (χ4n) is 4.56. The van der Waals surface area contributed by atoms with Crippen molar-refractivity contribution < 1.29 is 4.79 Å². The van der Waals surface area contributed by atoms with Crippen LogP contribution in [0.1, 0.15) is 23.3 Å². The minimum absolute atomic E-state index is 0.0168. The van der Waals surface area contributed by atoms with E-state index in [-0.39, 0.29) is 17.9 Å². The number of fused-ring (bicyclic) bond motifs is 3. The highest BCUT2D eigenvalue weighted by atomic mass is 32.1. The van der Waals surface area contributed by atoms with Crippen molar-refractivity contribution in [3.63, 3.8) is 0 Å². The van der Waals surface area contributed by atoms with E-state index in [0.717, 1.165) is 53.1 Å². The third kappa shape index (κ3) is 3.52. The van der Waals surface area contributed by atoms with Gasteiger partial charge in [-0.15, -0.1) is 11.3 Å². The predicted molar refractivity (Wildman–Crippen MR) is 131 cm³/mol. The highest BCUT2D eigenvalue weighted by Gasteiger charge is 2.25. The van der Waals surface area contributed by atoms with Gasteiger partial charge in [0.2, 0.25) is 11.3 Å². The van der Waals surface area contributed by atoms with Crippen molar-refractivity contribution in [2.24, 2.45) is 0 Å². The number of thiophene rings is 1. The zero-order valence-electron chi connectivity index (χ0n) is 17.8. The number of hydrogen-bond donors (Lipinski definition) is 2. The molecule has 0 atom stereocenters. The molecule has 33 heavy (non-hydrogen) atoms. The number of carbonyl (C=O) groups excluding carboxylic acids is 1. The molecule has 1 amide bonds. The molecule has 0 unspecified atom stereocenters. The number of aromatic amines is 1. The van der Waals surface area contributed by atoms with Gasteiger partial charge in [0.15, 0.2) is 0 Å². The second kappa shape index (κ2) is 7.97. The molecule has 2 N–H and O–H groups in total. The number of H-pyrrole nitrogens is 1. The van der Waals surface area contributed by atoms with Crippen LogP contribution in [-0.2, 0) is 24.2 Å². The first-order chi connectivity index (χ1) is 16.2. The average molecular weight is 456 g/mol. The molecule has 0 radical (unpaired) electrons. The van der Waals surface area contributed by atoms with E-state index in [1.165, 1.54) is 16.6 Å². The van der Waals surface area contributed by atoms with Crippen molar-refractivity contribution in [1.82, 2.24) is 19.7 Å². The predicted octanol–water partition coefficient (Wildman–Crippen LogP) is 4.52. The van der Waals surface area contributed by atoms with Gasteiger partial charge in [-0.25, -0.2) is 4.98 Å². The Bertz CT molecular complexity index is 1550. The zero-order chi connectivity index (χ0) is 22.4. The number of para-hydroxylation sites is 3. The molecule has 6 rings (SSSR count). The van der Waals surface area contributed by atoms with Gasteiger partial charge in [-0.1, -0.05) is 24.3 Å². The number of rotatable bonds is 4. The topological polar surface area (TPSA) is 92.7 Å². The van der Waals surface area contributed by atoms with Gasteiger partial charge < -0.3 is 10.3 Å². The lowest BCUT2D eigenvalue weighted by molar-refractivity contribution is -0.116. The maximum atomic E-state index is 13.1. The highest BCUT2D eigenvalue weighted by Crippen LogP contribution is 2.43. The molecule has 164 valence electrons. The summed E-state index contributed by atoms with van der Waals surface area (Å²) in [5, 5.41) is 8.68. The van der Waals surface area contributed by atoms with Crippen LogP contribution in [0.5, 0.6) is 0 Å². The van der Waals surface area contributed by atoms with Crippen LogP contribution in [0.4, 0.5) is 5.00 Å². The minimum Gasteiger partial charge on any atom is -0.338 e. The summed E-state index contributed by atoms with van der Waals surface area (Å²) in [4.78, 5) is 34.8. The van der Waals surface area contributed by atoms with E-state index >= 15 is 0 Å². The highest BCUT2D eigenvalue weighted by molar-refractivity contribution is 7.17. The van der Waals surface area contributed by atoms with Crippen LogP contribution in [0.15, 0.2) is 59.5 Å². The monoisotopic (exact) mass is 455 g/mol. The fraction of sp³-hybridized carbons (Fsp3) is 0.200. The van der Waals surface area contributed by atoms with E-state index in [2.05, 4.69) is 15.4 Å². The first-order valence-corrected chi connectivity index (χ1v) is 11.8. The first kappa shape index (κ1) is 19.9. The van der Waals surface area contributed by atoms with Gasteiger partial charge in [0, 0.05) is 10.3 Å². The van der Waals surface area contributed by atoms with Crippen LogP contribution in [0.3, 0.4) is 0 Å². The second-order valence-electron chi connectivity index (χ2n) is 8.25. The molecule has 1 aliphatic carbocycles. The molecule has 7 nitrogen and oxygen atoms in total. The molecule has 0 saturated heterocycles. The number of imidazole rings is 1. The number of nitrogens with one attached hydrogen (secondary N) is 2. The average Bonchev–Trinajstić information content (AvgIpc) is 3.41. The normalized spacial score (nSPS) is 13.3. The molecule has 3 aromatic heterocycles. The minimum atomic E-state index is -0.188. The van der Waals surface area contributed by atoms with Crippen LogP contribution in [0.25, 0.3) is 33.3 Å². The number of aryl methyl sites for hydroxylation is 1. The fourth-order valence-corrected chi connectivity index (χ4v) is 5.87. The molecular formula is C25H21N5O2S. The molecule has 0 bridgehead atoms. The number of benzene rings is 2. The summed E-state index contributed by atoms with van der Waals surface area (Å²) in [7, 11) is 0. The van der Waals surface area contributed by atoms with Crippen LogP contribution in [0, 0.1) is 0 Å². The molecule has 3 heterocycles. The Labute approximate surface area is 193 Å². The molecule has 1 aliphatic rings. The van der Waals surface area contributed by atoms with Crippen LogP contribution in [-0.4, -0.2) is 25.7 Å². The van der Waals surface area contributed by atoms with Gasteiger partial charge in [0.05, 0.1) is 28.3 Å². The maximum absolute atomic E-state index is 13.1. The smallest absolute Gasteiger partial charge is 0.246 e. The van der Waals surface area contributed by atoms with E-state index in [0.29, 0.717) is 10.9 Å². The summed E-state index contributed by atoms with van der Waals surface area (Å²) >= 11 is 1.64. The van der Waals surface area contributed by atoms with E-state index in [4.69, 9.17) is 4.98 Å². The number of aromatic nitrogens is 4. The number of anilines is 1. The molecule has 0 saturated carbocycles. The zero-order valence-corrected chi connectivity index (χ0v) is 18.6. The van der Waals surface area contributed by atoms with Crippen LogP contribution in [0.2, 0.25) is 0 Å². The summed E-state index contributed by atoms with van der Waals surface area (Å²) < 4.78 is 1.57. The third-order valence-electron chi connectivity index (χ3n) is 6.11. The van der Waals surface area contributed by atoms with Crippen LogP contribution >= 0.6 is 11.3 Å². The molecule has 2 aromatic carbocycles. The van der Waals surface area contributed by atoms with Crippen molar-refractivity contribution in [3.8, 4) is 11.4 Å². The number of nitrogens with zero attached hydrogens (tertiary/aromatic N) is 3. The summed E-state index contributed by atoms with van der Waals surface area (Å²) in [5.74, 6) is 0.602. The Morgan fingerprint density at radius 3 is 2.82 bits per heavy atom.